The lowest BCUT2D eigenvalue weighted by Gasteiger charge is -2.18. The van der Waals surface area contributed by atoms with Gasteiger partial charge < -0.3 is 4.90 Å². The average molecular weight is 262 g/mol. The van der Waals surface area contributed by atoms with Crippen molar-refractivity contribution in [1.29, 1.82) is 5.26 Å². The topological polar surface area (TPSA) is 44.1 Å². The van der Waals surface area contributed by atoms with Crippen LogP contribution in [-0.4, -0.2) is 29.6 Å². The van der Waals surface area contributed by atoms with Gasteiger partial charge in [0.05, 0.1) is 17.4 Å². The van der Waals surface area contributed by atoms with E-state index >= 15 is 0 Å². The van der Waals surface area contributed by atoms with Gasteiger partial charge in [0.1, 0.15) is 0 Å². The highest BCUT2D eigenvalue weighted by molar-refractivity contribution is 7.99. The number of thioether (sulfide) groups is 1. The van der Waals surface area contributed by atoms with Crippen LogP contribution in [0.25, 0.3) is 0 Å². The number of hydrogen-bond acceptors (Lipinski definition) is 3. The van der Waals surface area contributed by atoms with Crippen molar-refractivity contribution in [3.8, 4) is 6.07 Å². The van der Waals surface area contributed by atoms with Crippen LogP contribution in [0.4, 0.5) is 0 Å². The first-order valence-corrected chi connectivity index (χ1v) is 7.21. The highest BCUT2D eigenvalue weighted by atomic mass is 32.2. The van der Waals surface area contributed by atoms with Crippen molar-refractivity contribution in [3.05, 3.63) is 35.4 Å². The zero-order chi connectivity index (χ0) is 13.4. The second-order valence-electron chi connectivity index (χ2n) is 3.87. The van der Waals surface area contributed by atoms with Crippen LogP contribution in [0, 0.1) is 11.3 Å². The first-order valence-electron chi connectivity index (χ1n) is 6.05. The lowest BCUT2D eigenvalue weighted by molar-refractivity contribution is -0.127. The standard InChI is InChI=1S/C14H18N2OS/c1-3-16(4-2)14(17)11-18-10-13-7-5-12(9-15)6-8-13/h5-8H,3-4,10-11H2,1-2H3. The van der Waals surface area contributed by atoms with Crippen LogP contribution in [0.1, 0.15) is 25.0 Å². The molecule has 3 nitrogen and oxygen atoms in total. The lowest BCUT2D eigenvalue weighted by atomic mass is 10.2. The molecule has 0 aliphatic rings. The zero-order valence-electron chi connectivity index (χ0n) is 10.8. The quantitative estimate of drug-likeness (QED) is 0.791. The van der Waals surface area contributed by atoms with Crippen LogP contribution in [0.3, 0.4) is 0 Å². The minimum absolute atomic E-state index is 0.193. The van der Waals surface area contributed by atoms with Gasteiger partial charge in [0.25, 0.3) is 0 Å². The third kappa shape index (κ3) is 4.42. The predicted molar refractivity (Wildman–Crippen MR) is 75.2 cm³/mol. The highest BCUT2D eigenvalue weighted by Gasteiger charge is 2.08. The molecule has 0 N–H and O–H groups in total. The molecule has 96 valence electrons. The van der Waals surface area contributed by atoms with Crippen LogP contribution < -0.4 is 0 Å². The molecule has 18 heavy (non-hydrogen) atoms. The number of benzene rings is 1. The summed E-state index contributed by atoms with van der Waals surface area (Å²) in [4.78, 5) is 13.6. The molecule has 1 aromatic carbocycles. The van der Waals surface area contributed by atoms with Gasteiger partial charge in [-0.2, -0.15) is 5.26 Å². The molecule has 1 aromatic rings. The number of nitriles is 1. The third-order valence-corrected chi connectivity index (χ3v) is 3.68. The van der Waals surface area contributed by atoms with Crippen molar-refractivity contribution in [3.63, 3.8) is 0 Å². The molecule has 0 unspecified atom stereocenters. The van der Waals surface area contributed by atoms with Crippen molar-refractivity contribution < 1.29 is 4.79 Å². The largest absolute Gasteiger partial charge is 0.343 e. The molecule has 4 heteroatoms. The van der Waals surface area contributed by atoms with Crippen LogP contribution in [0.5, 0.6) is 0 Å². The van der Waals surface area contributed by atoms with E-state index in [2.05, 4.69) is 6.07 Å². The molecule has 1 amide bonds. The molecular formula is C14H18N2OS. The van der Waals surface area contributed by atoms with Gasteiger partial charge >= 0.3 is 0 Å². The summed E-state index contributed by atoms with van der Waals surface area (Å²) in [5.74, 6) is 1.51. The minimum atomic E-state index is 0.193. The number of carbonyl (C=O) groups excluding carboxylic acids is 1. The van der Waals surface area contributed by atoms with Crippen molar-refractivity contribution in [2.75, 3.05) is 18.8 Å². The smallest absolute Gasteiger partial charge is 0.232 e. The van der Waals surface area contributed by atoms with Gasteiger partial charge in [-0.15, -0.1) is 11.8 Å². The monoisotopic (exact) mass is 262 g/mol. The number of hydrogen-bond donors (Lipinski definition) is 0. The Morgan fingerprint density at radius 2 is 1.89 bits per heavy atom. The van der Waals surface area contributed by atoms with Gasteiger partial charge in [0, 0.05) is 18.8 Å². The molecule has 1 rings (SSSR count). The summed E-state index contributed by atoms with van der Waals surface area (Å²) < 4.78 is 0. The molecule has 0 saturated carbocycles. The fraction of sp³-hybridized carbons (Fsp3) is 0.429. The van der Waals surface area contributed by atoms with Gasteiger partial charge in [0.15, 0.2) is 0 Å². The van der Waals surface area contributed by atoms with E-state index in [9.17, 15) is 4.79 Å². The van der Waals surface area contributed by atoms with Gasteiger partial charge in [-0.25, -0.2) is 0 Å². The maximum absolute atomic E-state index is 11.8. The Hall–Kier alpha value is -1.47. The third-order valence-electron chi connectivity index (χ3n) is 2.69. The zero-order valence-corrected chi connectivity index (χ0v) is 11.7. The number of nitrogens with zero attached hydrogens (tertiary/aromatic N) is 2. The number of carbonyl (C=O) groups is 1. The molecule has 0 saturated heterocycles. The fourth-order valence-corrected chi connectivity index (χ4v) is 2.49. The molecule has 0 bridgehead atoms. The first-order chi connectivity index (χ1) is 8.71. The van der Waals surface area contributed by atoms with Gasteiger partial charge in [0.2, 0.25) is 5.91 Å². The Morgan fingerprint density at radius 1 is 1.28 bits per heavy atom. The Morgan fingerprint density at radius 3 is 2.39 bits per heavy atom. The molecule has 0 spiro atoms. The molecule has 0 aliphatic carbocycles. The molecule has 0 heterocycles. The Balaban J connectivity index is 2.37. The molecule has 0 atom stereocenters. The minimum Gasteiger partial charge on any atom is -0.343 e. The summed E-state index contributed by atoms with van der Waals surface area (Å²) >= 11 is 1.61. The van der Waals surface area contributed by atoms with Crippen molar-refractivity contribution in [1.82, 2.24) is 4.90 Å². The maximum atomic E-state index is 11.8. The summed E-state index contributed by atoms with van der Waals surface area (Å²) in [5.41, 5.74) is 1.81. The van der Waals surface area contributed by atoms with Gasteiger partial charge in [-0.3, -0.25) is 4.79 Å². The molecule has 0 radical (unpaired) electrons. The van der Waals surface area contributed by atoms with Crippen LogP contribution in [0.2, 0.25) is 0 Å². The summed E-state index contributed by atoms with van der Waals surface area (Å²) in [6, 6.07) is 9.58. The second-order valence-corrected chi connectivity index (χ2v) is 4.85. The van der Waals surface area contributed by atoms with E-state index in [4.69, 9.17) is 5.26 Å². The summed E-state index contributed by atoms with van der Waals surface area (Å²) in [7, 11) is 0. The predicted octanol–water partition coefficient (Wildman–Crippen LogP) is 2.66. The molecular weight excluding hydrogens is 244 g/mol. The van der Waals surface area contributed by atoms with E-state index in [1.54, 1.807) is 11.8 Å². The highest BCUT2D eigenvalue weighted by Crippen LogP contribution is 2.13. The normalized spacial score (nSPS) is 9.83. The summed E-state index contributed by atoms with van der Waals surface area (Å²) in [6.07, 6.45) is 0. The van der Waals surface area contributed by atoms with Gasteiger partial charge in [-0.1, -0.05) is 12.1 Å². The Labute approximate surface area is 113 Å². The van der Waals surface area contributed by atoms with Crippen LogP contribution in [-0.2, 0) is 10.5 Å². The Kier molecular flexibility index (Phi) is 6.31. The van der Waals surface area contributed by atoms with Crippen LogP contribution >= 0.6 is 11.8 Å². The average Bonchev–Trinajstić information content (AvgIpc) is 2.41. The van der Waals surface area contributed by atoms with E-state index in [0.29, 0.717) is 11.3 Å². The van der Waals surface area contributed by atoms with Crippen molar-refractivity contribution >= 4 is 17.7 Å². The van der Waals surface area contributed by atoms with Crippen molar-refractivity contribution in [2.45, 2.75) is 19.6 Å². The van der Waals surface area contributed by atoms with E-state index in [1.165, 1.54) is 0 Å². The molecule has 0 fully saturated rings. The summed E-state index contributed by atoms with van der Waals surface area (Å²) in [5, 5.41) is 8.69. The van der Waals surface area contributed by atoms with E-state index < -0.39 is 0 Å². The van der Waals surface area contributed by atoms with Crippen LogP contribution in [0.15, 0.2) is 24.3 Å². The van der Waals surface area contributed by atoms with E-state index in [-0.39, 0.29) is 5.91 Å². The first kappa shape index (κ1) is 14.6. The number of rotatable bonds is 6. The molecule has 0 aromatic heterocycles. The van der Waals surface area contributed by atoms with E-state index in [1.807, 2.05) is 43.0 Å². The lowest BCUT2D eigenvalue weighted by Crippen LogP contribution is -2.31. The van der Waals surface area contributed by atoms with E-state index in [0.717, 1.165) is 24.4 Å². The molecule has 0 aliphatic heterocycles. The van der Waals surface area contributed by atoms with Crippen molar-refractivity contribution in [2.24, 2.45) is 0 Å². The van der Waals surface area contributed by atoms with Gasteiger partial charge in [-0.05, 0) is 31.5 Å². The SMILES string of the molecule is CCN(CC)C(=O)CSCc1ccc(C#N)cc1. The maximum Gasteiger partial charge on any atom is 0.232 e. The second kappa shape index (κ2) is 7.78. The fourth-order valence-electron chi connectivity index (χ4n) is 1.60. The Bertz CT molecular complexity index is 418. The number of amides is 1. The summed E-state index contributed by atoms with van der Waals surface area (Å²) in [6.45, 7) is 5.53.